The summed E-state index contributed by atoms with van der Waals surface area (Å²) in [6, 6.07) is 16.0. The average molecular weight is 276 g/mol. The molecule has 1 aliphatic carbocycles. The van der Waals surface area contributed by atoms with E-state index in [0.29, 0.717) is 17.6 Å². The molecule has 0 spiro atoms. The molecule has 0 bridgehead atoms. The van der Waals surface area contributed by atoms with Crippen molar-refractivity contribution in [1.82, 2.24) is 0 Å². The number of esters is 2. The highest BCUT2D eigenvalue weighted by atomic mass is 16.6. The van der Waals surface area contributed by atoms with Crippen molar-refractivity contribution in [2.75, 3.05) is 0 Å². The van der Waals surface area contributed by atoms with E-state index < -0.39 is 11.9 Å². The molecule has 2 aliphatic rings. The standard InChI is InChI=1S/C18H12O3/c19-17-15-10-9-13-12(11-5-2-1-3-6-11)7-4-8-14(13)16(15)18(20)21-17/h1-8H,9-10H2. The Bertz CT molecular complexity index is 800. The van der Waals surface area contributed by atoms with Crippen molar-refractivity contribution in [2.24, 2.45) is 0 Å². The molecule has 0 unspecified atom stereocenters. The van der Waals surface area contributed by atoms with Crippen molar-refractivity contribution >= 4 is 17.5 Å². The number of ether oxygens (including phenoxy) is 1. The lowest BCUT2D eigenvalue weighted by Gasteiger charge is -2.19. The van der Waals surface area contributed by atoms with Gasteiger partial charge < -0.3 is 4.74 Å². The molecule has 0 aromatic heterocycles. The van der Waals surface area contributed by atoms with E-state index in [1.807, 2.05) is 30.3 Å². The summed E-state index contributed by atoms with van der Waals surface area (Å²) in [6.07, 6.45) is 1.32. The maximum atomic E-state index is 11.9. The predicted octanol–water partition coefficient (Wildman–Crippen LogP) is 3.14. The summed E-state index contributed by atoms with van der Waals surface area (Å²) in [6.45, 7) is 0. The van der Waals surface area contributed by atoms with Gasteiger partial charge in [0.15, 0.2) is 0 Å². The second-order valence-corrected chi connectivity index (χ2v) is 5.23. The Kier molecular flexibility index (Phi) is 2.54. The largest absolute Gasteiger partial charge is 0.386 e. The van der Waals surface area contributed by atoms with Crippen LogP contribution in [0.2, 0.25) is 0 Å². The molecule has 2 aromatic carbocycles. The second kappa shape index (κ2) is 4.42. The highest BCUT2D eigenvalue weighted by Crippen LogP contribution is 2.40. The van der Waals surface area contributed by atoms with E-state index in [4.69, 9.17) is 4.74 Å². The van der Waals surface area contributed by atoms with Crippen LogP contribution in [0.3, 0.4) is 0 Å². The number of hydrogen-bond acceptors (Lipinski definition) is 3. The summed E-state index contributed by atoms with van der Waals surface area (Å²) >= 11 is 0. The topological polar surface area (TPSA) is 43.4 Å². The first-order chi connectivity index (χ1) is 10.3. The molecule has 2 aromatic rings. The minimum absolute atomic E-state index is 0.457. The van der Waals surface area contributed by atoms with E-state index in [1.165, 1.54) is 0 Å². The number of fused-ring (bicyclic) bond motifs is 2. The van der Waals surface area contributed by atoms with Gasteiger partial charge in [0, 0.05) is 0 Å². The number of benzene rings is 2. The van der Waals surface area contributed by atoms with E-state index in [9.17, 15) is 9.59 Å². The lowest BCUT2D eigenvalue weighted by atomic mass is 9.82. The molecule has 0 saturated heterocycles. The van der Waals surface area contributed by atoms with Gasteiger partial charge >= 0.3 is 11.9 Å². The zero-order valence-electron chi connectivity index (χ0n) is 11.3. The van der Waals surface area contributed by atoms with Gasteiger partial charge in [0.2, 0.25) is 0 Å². The van der Waals surface area contributed by atoms with Crippen LogP contribution in [-0.4, -0.2) is 11.9 Å². The molecule has 3 nitrogen and oxygen atoms in total. The van der Waals surface area contributed by atoms with Gasteiger partial charge in [-0.1, -0.05) is 48.5 Å². The molecule has 0 atom stereocenters. The molecule has 1 aliphatic heterocycles. The fourth-order valence-corrected chi connectivity index (χ4v) is 3.15. The predicted molar refractivity (Wildman–Crippen MR) is 78.2 cm³/mol. The van der Waals surface area contributed by atoms with Crippen LogP contribution in [0.1, 0.15) is 17.5 Å². The second-order valence-electron chi connectivity index (χ2n) is 5.23. The Labute approximate surface area is 121 Å². The molecule has 0 radical (unpaired) electrons. The first kappa shape index (κ1) is 12.1. The Hall–Kier alpha value is -2.68. The Morgan fingerprint density at radius 2 is 1.52 bits per heavy atom. The van der Waals surface area contributed by atoms with E-state index in [1.54, 1.807) is 0 Å². The summed E-state index contributed by atoms with van der Waals surface area (Å²) in [4.78, 5) is 23.6. The molecule has 1 heterocycles. The minimum atomic E-state index is -0.513. The van der Waals surface area contributed by atoms with Gasteiger partial charge in [-0.15, -0.1) is 0 Å². The molecule has 0 N–H and O–H groups in total. The summed E-state index contributed by atoms with van der Waals surface area (Å²) in [5.41, 5.74) is 5.18. The molecular weight excluding hydrogens is 264 g/mol. The third kappa shape index (κ3) is 1.74. The van der Waals surface area contributed by atoms with Gasteiger partial charge in [-0.05, 0) is 35.1 Å². The summed E-state index contributed by atoms with van der Waals surface area (Å²) in [5, 5.41) is 0. The molecule has 0 saturated carbocycles. The van der Waals surface area contributed by atoms with Crippen LogP contribution in [-0.2, 0) is 20.7 Å². The Morgan fingerprint density at radius 1 is 0.762 bits per heavy atom. The minimum Gasteiger partial charge on any atom is -0.386 e. The third-order valence-corrected chi connectivity index (χ3v) is 4.09. The van der Waals surface area contributed by atoms with Gasteiger partial charge in [-0.3, -0.25) is 0 Å². The smallest absolute Gasteiger partial charge is 0.347 e. The monoisotopic (exact) mass is 276 g/mol. The molecule has 21 heavy (non-hydrogen) atoms. The number of hydrogen-bond donors (Lipinski definition) is 0. The van der Waals surface area contributed by atoms with E-state index in [0.717, 1.165) is 28.7 Å². The fraction of sp³-hybridized carbons (Fsp3) is 0.111. The molecule has 0 fully saturated rings. The van der Waals surface area contributed by atoms with Gasteiger partial charge in [-0.25, -0.2) is 9.59 Å². The maximum absolute atomic E-state index is 11.9. The lowest BCUT2D eigenvalue weighted by molar-refractivity contribution is -0.150. The zero-order valence-corrected chi connectivity index (χ0v) is 11.3. The van der Waals surface area contributed by atoms with E-state index in [2.05, 4.69) is 18.2 Å². The SMILES string of the molecule is O=C1OC(=O)C2=C1CCc1c2cccc1-c1ccccc1. The number of carbonyl (C=O) groups excluding carboxylic acids is 2. The zero-order chi connectivity index (χ0) is 14.4. The van der Waals surface area contributed by atoms with Gasteiger partial charge in [0.25, 0.3) is 0 Å². The number of cyclic esters (lactones) is 2. The van der Waals surface area contributed by atoms with Crippen molar-refractivity contribution in [3.8, 4) is 11.1 Å². The van der Waals surface area contributed by atoms with Crippen molar-refractivity contribution < 1.29 is 14.3 Å². The van der Waals surface area contributed by atoms with Crippen molar-refractivity contribution in [2.45, 2.75) is 12.8 Å². The van der Waals surface area contributed by atoms with Crippen LogP contribution >= 0.6 is 0 Å². The molecular formula is C18H12O3. The highest BCUT2D eigenvalue weighted by molar-refractivity contribution is 6.31. The van der Waals surface area contributed by atoms with Crippen LogP contribution in [0.15, 0.2) is 54.1 Å². The van der Waals surface area contributed by atoms with Crippen LogP contribution in [0.4, 0.5) is 0 Å². The maximum Gasteiger partial charge on any atom is 0.347 e. The van der Waals surface area contributed by atoms with Crippen LogP contribution in [0, 0.1) is 0 Å². The molecule has 102 valence electrons. The quantitative estimate of drug-likeness (QED) is 0.593. The Balaban J connectivity index is 1.95. The summed E-state index contributed by atoms with van der Waals surface area (Å²) < 4.78 is 4.76. The van der Waals surface area contributed by atoms with Gasteiger partial charge in [-0.2, -0.15) is 0 Å². The van der Waals surface area contributed by atoms with Crippen molar-refractivity contribution in [3.05, 3.63) is 65.2 Å². The van der Waals surface area contributed by atoms with Crippen molar-refractivity contribution in [3.63, 3.8) is 0 Å². The molecule has 4 rings (SSSR count). The fourth-order valence-electron chi connectivity index (χ4n) is 3.15. The molecule has 0 amide bonds. The normalized spacial score (nSPS) is 16.6. The van der Waals surface area contributed by atoms with E-state index >= 15 is 0 Å². The summed E-state index contributed by atoms with van der Waals surface area (Å²) in [5.74, 6) is -0.994. The average Bonchev–Trinajstić information content (AvgIpc) is 2.82. The highest BCUT2D eigenvalue weighted by Gasteiger charge is 2.37. The van der Waals surface area contributed by atoms with Crippen LogP contribution < -0.4 is 0 Å². The Morgan fingerprint density at radius 3 is 2.33 bits per heavy atom. The first-order valence-corrected chi connectivity index (χ1v) is 6.93. The van der Waals surface area contributed by atoms with Crippen LogP contribution in [0.25, 0.3) is 16.7 Å². The van der Waals surface area contributed by atoms with Crippen LogP contribution in [0.5, 0.6) is 0 Å². The number of carbonyl (C=O) groups is 2. The molecule has 3 heteroatoms. The summed E-state index contributed by atoms with van der Waals surface area (Å²) in [7, 11) is 0. The van der Waals surface area contributed by atoms with Gasteiger partial charge in [0.1, 0.15) is 0 Å². The third-order valence-electron chi connectivity index (χ3n) is 4.09. The lowest BCUT2D eigenvalue weighted by Crippen LogP contribution is -2.08. The first-order valence-electron chi connectivity index (χ1n) is 6.93. The number of rotatable bonds is 1. The van der Waals surface area contributed by atoms with Crippen molar-refractivity contribution in [1.29, 1.82) is 0 Å². The van der Waals surface area contributed by atoms with E-state index in [-0.39, 0.29) is 0 Å². The van der Waals surface area contributed by atoms with Gasteiger partial charge in [0.05, 0.1) is 11.1 Å².